The Morgan fingerprint density at radius 3 is 2.61 bits per heavy atom. The van der Waals surface area contributed by atoms with Gasteiger partial charge in [-0.3, -0.25) is 9.59 Å². The minimum Gasteiger partial charge on any atom is -0.438 e. The van der Waals surface area contributed by atoms with Gasteiger partial charge < -0.3 is 20.1 Å². The summed E-state index contributed by atoms with van der Waals surface area (Å²) in [6.45, 7) is 4.71. The molecule has 9 nitrogen and oxygen atoms in total. The minimum atomic E-state index is -0.980. The quantitative estimate of drug-likeness (QED) is 0.318. The fraction of sp³-hybridized carbons (Fsp3) is 0.300. The third-order valence-corrected chi connectivity index (χ3v) is 8.48. The van der Waals surface area contributed by atoms with E-state index in [-0.39, 0.29) is 24.0 Å². The predicted octanol–water partition coefficient (Wildman–Crippen LogP) is 5.37. The number of anilines is 1. The Labute approximate surface area is 240 Å². The Morgan fingerprint density at radius 2 is 1.88 bits per heavy atom. The number of benzene rings is 2. The number of hydrogen-bond acceptors (Lipinski definition) is 8. The number of halogens is 1. The SMILES string of the molecule is CC(C)(C(=O)Nc1nnc(CO)s1)[C@H]1c2ccccc2Oc2nc(-c3ccc(C(=O)N4CCCC4)c(F)c3)ccc21. The molecule has 0 saturated carbocycles. The zero-order chi connectivity index (χ0) is 28.7. The fourth-order valence-electron chi connectivity index (χ4n) is 5.47. The van der Waals surface area contributed by atoms with Crippen molar-refractivity contribution in [3.63, 3.8) is 0 Å². The summed E-state index contributed by atoms with van der Waals surface area (Å²) in [4.78, 5) is 32.7. The molecule has 4 heterocycles. The van der Waals surface area contributed by atoms with Crippen LogP contribution >= 0.6 is 11.3 Å². The van der Waals surface area contributed by atoms with Gasteiger partial charge in [0.25, 0.3) is 5.91 Å². The summed E-state index contributed by atoms with van der Waals surface area (Å²) in [7, 11) is 0. The second-order valence-electron chi connectivity index (χ2n) is 10.7. The number of pyridine rings is 1. The number of carbonyl (C=O) groups excluding carboxylic acids is 2. The zero-order valence-electron chi connectivity index (χ0n) is 22.6. The maximum absolute atomic E-state index is 15.1. The van der Waals surface area contributed by atoms with E-state index in [0.29, 0.717) is 51.7 Å². The van der Waals surface area contributed by atoms with Gasteiger partial charge in [0.1, 0.15) is 16.6 Å². The minimum absolute atomic E-state index is 0.0492. The van der Waals surface area contributed by atoms with Crippen molar-refractivity contribution in [3.05, 3.63) is 82.1 Å². The van der Waals surface area contributed by atoms with E-state index in [1.165, 1.54) is 12.1 Å². The van der Waals surface area contributed by atoms with Gasteiger partial charge in [-0.2, -0.15) is 0 Å². The topological polar surface area (TPSA) is 118 Å². The Kier molecular flexibility index (Phi) is 7.00. The third kappa shape index (κ3) is 4.95. The van der Waals surface area contributed by atoms with E-state index in [2.05, 4.69) is 15.5 Å². The molecular weight excluding hydrogens is 545 g/mol. The van der Waals surface area contributed by atoms with Crippen molar-refractivity contribution in [1.82, 2.24) is 20.1 Å². The molecule has 2 aromatic carbocycles. The molecule has 11 heteroatoms. The summed E-state index contributed by atoms with van der Waals surface area (Å²) in [6, 6.07) is 15.6. The number of para-hydroxylation sites is 1. The molecular formula is C30H28FN5O4S. The maximum atomic E-state index is 15.1. The second-order valence-corrected chi connectivity index (χ2v) is 11.8. The van der Waals surface area contributed by atoms with Gasteiger partial charge in [-0.15, -0.1) is 10.2 Å². The van der Waals surface area contributed by atoms with E-state index in [1.54, 1.807) is 17.0 Å². The molecule has 1 atom stereocenters. The molecule has 1 fully saturated rings. The van der Waals surface area contributed by atoms with Crippen molar-refractivity contribution in [3.8, 4) is 22.9 Å². The first-order valence-electron chi connectivity index (χ1n) is 13.4. The summed E-state index contributed by atoms with van der Waals surface area (Å²) in [6.07, 6.45) is 1.86. The monoisotopic (exact) mass is 573 g/mol. The van der Waals surface area contributed by atoms with Crippen LogP contribution in [0, 0.1) is 11.2 Å². The average molecular weight is 574 g/mol. The van der Waals surface area contributed by atoms with Crippen LogP contribution < -0.4 is 10.1 Å². The van der Waals surface area contributed by atoms with Crippen molar-refractivity contribution in [2.24, 2.45) is 5.41 Å². The predicted molar refractivity (Wildman–Crippen MR) is 151 cm³/mol. The van der Waals surface area contributed by atoms with E-state index in [1.807, 2.05) is 44.2 Å². The normalized spacial score (nSPS) is 16.1. The van der Waals surface area contributed by atoms with Gasteiger partial charge in [0.05, 0.1) is 23.3 Å². The molecule has 2 amide bonds. The van der Waals surface area contributed by atoms with Gasteiger partial charge in [0, 0.05) is 35.7 Å². The van der Waals surface area contributed by atoms with E-state index >= 15 is 4.39 Å². The number of aromatic nitrogens is 3. The van der Waals surface area contributed by atoms with Crippen LogP contribution in [0.1, 0.15) is 59.1 Å². The van der Waals surface area contributed by atoms with Gasteiger partial charge >= 0.3 is 0 Å². The number of ether oxygens (including phenoxy) is 1. The van der Waals surface area contributed by atoms with Crippen LogP contribution in [-0.2, 0) is 11.4 Å². The Balaban J connectivity index is 1.33. The Morgan fingerprint density at radius 1 is 1.10 bits per heavy atom. The first-order valence-corrected chi connectivity index (χ1v) is 14.2. The number of aliphatic hydroxyl groups excluding tert-OH is 1. The van der Waals surface area contributed by atoms with Gasteiger partial charge in [-0.1, -0.05) is 55.5 Å². The highest BCUT2D eigenvalue weighted by molar-refractivity contribution is 7.15. The number of nitrogens with one attached hydrogen (secondary N) is 1. The molecule has 210 valence electrons. The van der Waals surface area contributed by atoms with Crippen molar-refractivity contribution in [1.29, 1.82) is 0 Å². The van der Waals surface area contributed by atoms with Crippen LogP contribution in [0.15, 0.2) is 54.6 Å². The zero-order valence-corrected chi connectivity index (χ0v) is 23.4. The van der Waals surface area contributed by atoms with Crippen LogP contribution in [0.25, 0.3) is 11.3 Å². The van der Waals surface area contributed by atoms with Crippen molar-refractivity contribution in [2.75, 3.05) is 18.4 Å². The highest BCUT2D eigenvalue weighted by atomic mass is 32.1. The molecule has 0 unspecified atom stereocenters. The number of likely N-dealkylation sites (tertiary alicyclic amines) is 1. The second kappa shape index (κ2) is 10.6. The molecule has 0 aliphatic carbocycles. The number of hydrogen-bond donors (Lipinski definition) is 2. The number of rotatable bonds is 6. The average Bonchev–Trinajstić information content (AvgIpc) is 3.68. The summed E-state index contributed by atoms with van der Waals surface area (Å²) in [5.41, 5.74) is 1.60. The van der Waals surface area contributed by atoms with Gasteiger partial charge in [-0.25, -0.2) is 9.37 Å². The standard InChI is InChI=1S/C30H28FN5O4S/c1-30(2,28(39)33-29-35-34-24(16-37)41-29)25-19-7-3-4-8-23(19)40-26-20(25)11-12-22(32-26)17-9-10-18(21(31)15-17)27(38)36-13-5-6-14-36/h3-4,7-12,15,25,37H,5-6,13-14,16H2,1-2H3,(H,33,35,39)/t25-/m0/s1. The van der Waals surface area contributed by atoms with Crippen molar-refractivity contribution < 1.29 is 23.8 Å². The molecule has 41 heavy (non-hydrogen) atoms. The number of amides is 2. The summed E-state index contributed by atoms with van der Waals surface area (Å²) in [5.74, 6) is -0.701. The molecule has 2 N–H and O–H groups in total. The Bertz CT molecular complexity index is 1650. The lowest BCUT2D eigenvalue weighted by atomic mass is 9.69. The lowest BCUT2D eigenvalue weighted by Crippen LogP contribution is -2.38. The molecule has 2 aliphatic heterocycles. The van der Waals surface area contributed by atoms with Crippen molar-refractivity contribution >= 4 is 28.3 Å². The lowest BCUT2D eigenvalue weighted by Gasteiger charge is -2.37. The molecule has 0 radical (unpaired) electrons. The highest BCUT2D eigenvalue weighted by Crippen LogP contribution is 2.52. The highest BCUT2D eigenvalue weighted by Gasteiger charge is 2.44. The van der Waals surface area contributed by atoms with Crippen LogP contribution in [-0.4, -0.2) is 50.1 Å². The smallest absolute Gasteiger partial charge is 0.256 e. The third-order valence-electron chi connectivity index (χ3n) is 7.66. The van der Waals surface area contributed by atoms with Crippen molar-refractivity contribution in [2.45, 2.75) is 39.2 Å². The molecule has 0 bridgehead atoms. The van der Waals surface area contributed by atoms with Crippen LogP contribution in [0.4, 0.5) is 9.52 Å². The fourth-order valence-corrected chi connectivity index (χ4v) is 6.07. The Hall–Kier alpha value is -4.22. The van der Waals surface area contributed by atoms with Crippen LogP contribution in [0.3, 0.4) is 0 Å². The van der Waals surface area contributed by atoms with E-state index < -0.39 is 17.2 Å². The summed E-state index contributed by atoms with van der Waals surface area (Å²) >= 11 is 1.11. The van der Waals surface area contributed by atoms with E-state index in [9.17, 15) is 14.7 Å². The largest absolute Gasteiger partial charge is 0.438 e. The first kappa shape index (κ1) is 27.0. The lowest BCUT2D eigenvalue weighted by molar-refractivity contribution is -0.124. The molecule has 4 aromatic rings. The van der Waals surface area contributed by atoms with Gasteiger partial charge in [-0.05, 0) is 37.1 Å². The number of carbonyl (C=O) groups is 2. The first-order chi connectivity index (χ1) is 19.8. The number of fused-ring (bicyclic) bond motifs is 2. The number of aliphatic hydroxyl groups is 1. The summed E-state index contributed by atoms with van der Waals surface area (Å²) < 4.78 is 21.3. The summed E-state index contributed by atoms with van der Waals surface area (Å²) in [5, 5.41) is 20.7. The van der Waals surface area contributed by atoms with Gasteiger partial charge in [0.2, 0.25) is 16.9 Å². The molecule has 2 aromatic heterocycles. The van der Waals surface area contributed by atoms with E-state index in [0.717, 1.165) is 29.7 Å². The molecule has 0 spiro atoms. The van der Waals surface area contributed by atoms with E-state index in [4.69, 9.17) is 9.72 Å². The molecule has 2 aliphatic rings. The maximum Gasteiger partial charge on any atom is 0.256 e. The number of nitrogens with zero attached hydrogens (tertiary/aromatic N) is 4. The van der Waals surface area contributed by atoms with Crippen LogP contribution in [0.5, 0.6) is 11.6 Å². The van der Waals surface area contributed by atoms with Crippen LogP contribution in [0.2, 0.25) is 0 Å². The molecule has 6 rings (SSSR count). The molecule has 1 saturated heterocycles. The van der Waals surface area contributed by atoms with Gasteiger partial charge in [0.15, 0.2) is 0 Å².